The fourth-order valence-electron chi connectivity index (χ4n) is 1.10. The van der Waals surface area contributed by atoms with Gasteiger partial charge in [-0.2, -0.15) is 0 Å². The smallest absolute Gasteiger partial charge is 0.321 e. The van der Waals surface area contributed by atoms with Crippen molar-refractivity contribution < 1.29 is 9.53 Å². The molecule has 0 saturated heterocycles. The Kier molecular flexibility index (Phi) is 5.28. The van der Waals surface area contributed by atoms with Gasteiger partial charge in [0.05, 0.1) is 12.3 Å². The predicted molar refractivity (Wildman–Crippen MR) is 67.7 cm³/mol. The van der Waals surface area contributed by atoms with E-state index in [0.717, 1.165) is 10.2 Å². The van der Waals surface area contributed by atoms with Crippen molar-refractivity contribution in [2.24, 2.45) is 0 Å². The van der Waals surface area contributed by atoms with E-state index in [9.17, 15) is 4.79 Å². The molecule has 0 bridgehead atoms. The van der Waals surface area contributed by atoms with Crippen LogP contribution < -0.4 is 5.32 Å². The molecule has 0 aromatic heterocycles. The maximum Gasteiger partial charge on any atom is 0.321 e. The first-order valence-corrected chi connectivity index (χ1v) is 5.70. The Bertz CT molecular complexity index is 358. The fourth-order valence-corrected chi connectivity index (χ4v) is 1.49. The van der Waals surface area contributed by atoms with E-state index in [0.29, 0.717) is 13.2 Å². The van der Waals surface area contributed by atoms with Crippen LogP contribution in [0.5, 0.6) is 0 Å². The third-order valence-corrected chi connectivity index (χ3v) is 2.78. The molecule has 16 heavy (non-hydrogen) atoms. The van der Waals surface area contributed by atoms with Gasteiger partial charge in [-0.25, -0.2) is 4.79 Å². The number of amides is 2. The molecule has 0 unspecified atom stereocenters. The molecule has 0 fully saturated rings. The first-order valence-electron chi connectivity index (χ1n) is 4.90. The van der Waals surface area contributed by atoms with Crippen LogP contribution in [-0.2, 0) is 4.74 Å². The molecule has 1 N–H and O–H groups in total. The van der Waals surface area contributed by atoms with Gasteiger partial charge >= 0.3 is 6.03 Å². The summed E-state index contributed by atoms with van der Waals surface area (Å²) in [4.78, 5) is 13.3. The third-order valence-electron chi connectivity index (χ3n) is 2.09. The number of benzene rings is 1. The van der Waals surface area contributed by atoms with E-state index in [1.807, 2.05) is 24.3 Å². The number of anilines is 1. The zero-order valence-electron chi connectivity index (χ0n) is 9.37. The van der Waals surface area contributed by atoms with E-state index in [1.165, 1.54) is 0 Å². The van der Waals surface area contributed by atoms with Gasteiger partial charge in [0.15, 0.2) is 0 Å². The summed E-state index contributed by atoms with van der Waals surface area (Å²) < 4.78 is 5.77. The summed E-state index contributed by atoms with van der Waals surface area (Å²) in [6.07, 6.45) is 0. The number of rotatable bonds is 4. The van der Waals surface area contributed by atoms with Crippen molar-refractivity contribution in [3.8, 4) is 0 Å². The van der Waals surface area contributed by atoms with Gasteiger partial charge in [-0.3, -0.25) is 0 Å². The summed E-state index contributed by atoms with van der Waals surface area (Å²) in [6, 6.07) is 7.34. The lowest BCUT2D eigenvalue weighted by Gasteiger charge is -2.17. The predicted octanol–water partition coefficient (Wildman–Crippen LogP) is 2.56. The van der Waals surface area contributed by atoms with Gasteiger partial charge in [-0.15, -0.1) is 0 Å². The molecule has 5 heteroatoms. The molecule has 0 heterocycles. The molecule has 0 aliphatic rings. The van der Waals surface area contributed by atoms with Crippen LogP contribution in [0.3, 0.4) is 0 Å². The molecule has 0 atom stereocenters. The number of carbonyl (C=O) groups excluding carboxylic acids is 1. The first kappa shape index (κ1) is 13.0. The van der Waals surface area contributed by atoms with Crippen molar-refractivity contribution in [1.29, 1.82) is 0 Å². The van der Waals surface area contributed by atoms with Gasteiger partial charge in [0, 0.05) is 25.2 Å². The molecular formula is C11H15BrN2O2. The van der Waals surface area contributed by atoms with Crippen molar-refractivity contribution in [3.05, 3.63) is 28.7 Å². The van der Waals surface area contributed by atoms with Crippen molar-refractivity contribution >= 4 is 27.6 Å². The second-order valence-electron chi connectivity index (χ2n) is 3.32. The van der Waals surface area contributed by atoms with Crippen LogP contribution in [0.2, 0.25) is 0 Å². The van der Waals surface area contributed by atoms with Gasteiger partial charge < -0.3 is 15.0 Å². The summed E-state index contributed by atoms with van der Waals surface area (Å²) in [6.45, 7) is 1.09. The number of halogens is 1. The summed E-state index contributed by atoms with van der Waals surface area (Å²) in [5.74, 6) is 0. The van der Waals surface area contributed by atoms with E-state index >= 15 is 0 Å². The van der Waals surface area contributed by atoms with E-state index in [-0.39, 0.29) is 6.03 Å². The minimum absolute atomic E-state index is 0.149. The quantitative estimate of drug-likeness (QED) is 0.924. The number of methoxy groups -OCH3 is 1. The lowest BCUT2D eigenvalue weighted by atomic mass is 10.3. The maximum absolute atomic E-state index is 11.7. The molecule has 1 aromatic carbocycles. The van der Waals surface area contributed by atoms with E-state index in [2.05, 4.69) is 21.2 Å². The second-order valence-corrected chi connectivity index (χ2v) is 4.18. The van der Waals surface area contributed by atoms with Gasteiger partial charge in [0.2, 0.25) is 0 Å². The van der Waals surface area contributed by atoms with E-state index < -0.39 is 0 Å². The van der Waals surface area contributed by atoms with E-state index in [4.69, 9.17) is 4.74 Å². The highest BCUT2D eigenvalue weighted by Gasteiger charge is 2.09. The third kappa shape index (κ3) is 3.83. The average Bonchev–Trinajstić information content (AvgIpc) is 2.28. The number of carbonyl (C=O) groups is 1. The summed E-state index contributed by atoms with van der Waals surface area (Å²) in [5, 5.41) is 2.80. The Balaban J connectivity index is 2.54. The van der Waals surface area contributed by atoms with Crippen LogP contribution in [0.1, 0.15) is 0 Å². The number of ether oxygens (including phenoxy) is 1. The standard InChI is InChI=1S/C11H15BrN2O2/c1-14(7-8-16-2)11(15)13-10-6-4-3-5-9(10)12/h3-6H,7-8H2,1-2H3,(H,13,15). The lowest BCUT2D eigenvalue weighted by molar-refractivity contribution is 0.165. The van der Waals surface area contributed by atoms with Crippen LogP contribution in [0.25, 0.3) is 0 Å². The van der Waals surface area contributed by atoms with Crippen LogP contribution in [0, 0.1) is 0 Å². The Morgan fingerprint density at radius 1 is 1.50 bits per heavy atom. The van der Waals surface area contributed by atoms with Gasteiger partial charge in [-0.1, -0.05) is 12.1 Å². The number of hydrogen-bond donors (Lipinski definition) is 1. The molecule has 2 amide bonds. The molecular weight excluding hydrogens is 272 g/mol. The van der Waals surface area contributed by atoms with Gasteiger partial charge in [0.1, 0.15) is 0 Å². The largest absolute Gasteiger partial charge is 0.383 e. The normalized spacial score (nSPS) is 9.94. The number of nitrogens with one attached hydrogen (secondary N) is 1. The van der Waals surface area contributed by atoms with Crippen molar-refractivity contribution in [2.45, 2.75) is 0 Å². The molecule has 0 aliphatic carbocycles. The monoisotopic (exact) mass is 286 g/mol. The van der Waals surface area contributed by atoms with Crippen LogP contribution in [0.4, 0.5) is 10.5 Å². The number of likely N-dealkylation sites (N-methyl/N-ethyl adjacent to an activating group) is 1. The average molecular weight is 287 g/mol. The number of nitrogens with zero attached hydrogens (tertiary/aromatic N) is 1. The number of hydrogen-bond acceptors (Lipinski definition) is 2. The van der Waals surface area contributed by atoms with Crippen molar-refractivity contribution in [2.75, 3.05) is 32.6 Å². The molecule has 88 valence electrons. The summed E-state index contributed by atoms with van der Waals surface area (Å²) >= 11 is 3.37. The Morgan fingerprint density at radius 2 is 2.19 bits per heavy atom. The maximum atomic E-state index is 11.7. The minimum Gasteiger partial charge on any atom is -0.383 e. The molecule has 0 saturated carbocycles. The first-order chi connectivity index (χ1) is 7.65. The summed E-state index contributed by atoms with van der Waals surface area (Å²) in [5.41, 5.74) is 0.761. The van der Waals surface area contributed by atoms with E-state index in [1.54, 1.807) is 19.1 Å². The zero-order valence-corrected chi connectivity index (χ0v) is 11.0. The van der Waals surface area contributed by atoms with Crippen molar-refractivity contribution in [1.82, 2.24) is 4.90 Å². The van der Waals surface area contributed by atoms with Crippen LogP contribution in [0.15, 0.2) is 28.7 Å². The van der Waals surface area contributed by atoms with Crippen LogP contribution in [-0.4, -0.2) is 38.2 Å². The number of urea groups is 1. The molecule has 1 rings (SSSR count). The fraction of sp³-hybridized carbons (Fsp3) is 0.364. The highest BCUT2D eigenvalue weighted by molar-refractivity contribution is 9.10. The second kappa shape index (κ2) is 6.50. The SMILES string of the molecule is COCCN(C)C(=O)Nc1ccccc1Br. The highest BCUT2D eigenvalue weighted by atomic mass is 79.9. The Hall–Kier alpha value is -1.07. The minimum atomic E-state index is -0.149. The van der Waals surface area contributed by atoms with Crippen LogP contribution >= 0.6 is 15.9 Å². The molecule has 0 spiro atoms. The molecule has 4 nitrogen and oxygen atoms in total. The molecule has 0 radical (unpaired) electrons. The number of para-hydroxylation sites is 1. The highest BCUT2D eigenvalue weighted by Crippen LogP contribution is 2.21. The lowest BCUT2D eigenvalue weighted by Crippen LogP contribution is -2.33. The molecule has 0 aliphatic heterocycles. The summed E-state index contributed by atoms with van der Waals surface area (Å²) in [7, 11) is 3.34. The zero-order chi connectivity index (χ0) is 12.0. The van der Waals surface area contributed by atoms with Crippen molar-refractivity contribution in [3.63, 3.8) is 0 Å². The van der Waals surface area contributed by atoms with Gasteiger partial charge in [0.25, 0.3) is 0 Å². The molecule has 1 aromatic rings. The van der Waals surface area contributed by atoms with Gasteiger partial charge in [-0.05, 0) is 28.1 Å². The Morgan fingerprint density at radius 3 is 2.81 bits per heavy atom. The topological polar surface area (TPSA) is 41.6 Å². The Labute approximate surface area is 104 Å².